The molecule has 0 aliphatic carbocycles. The third-order valence-corrected chi connectivity index (χ3v) is 5.41. The van der Waals surface area contributed by atoms with Crippen molar-refractivity contribution in [2.24, 2.45) is 0 Å². The molecule has 0 saturated carbocycles. The van der Waals surface area contributed by atoms with Crippen LogP contribution in [-0.4, -0.2) is 73.4 Å². The van der Waals surface area contributed by atoms with Crippen molar-refractivity contribution in [3.8, 4) is 0 Å². The third kappa shape index (κ3) is 4.15. The fourth-order valence-electron chi connectivity index (χ4n) is 3.04. The largest absolute Gasteiger partial charge is 0.339 e. The summed E-state index contributed by atoms with van der Waals surface area (Å²) in [5, 5.41) is 1.14. The van der Waals surface area contributed by atoms with E-state index in [-0.39, 0.29) is 11.7 Å². The molecule has 1 aromatic carbocycles. The molecule has 7 heteroatoms. The monoisotopic (exact) mass is 349 g/mol. The Balaban J connectivity index is 1.54. The number of carbonyl (C=O) groups excluding carboxylic acids is 1. The van der Waals surface area contributed by atoms with E-state index in [1.807, 2.05) is 46.0 Å². The van der Waals surface area contributed by atoms with Gasteiger partial charge in [-0.05, 0) is 17.5 Å². The van der Waals surface area contributed by atoms with Crippen molar-refractivity contribution in [2.75, 3.05) is 44.7 Å². The number of fused-ring (bicyclic) bond motifs is 1. The van der Waals surface area contributed by atoms with Crippen molar-refractivity contribution in [3.63, 3.8) is 0 Å². The standard InChI is InChI=1S/C17H23N3O3S/c1-24(22,23)13-12-18-8-10-19(11-9-18)17(21)14-20-7-6-15-4-2-3-5-16(15)20/h2-7H,8-14H2,1H3. The second kappa shape index (κ2) is 6.94. The summed E-state index contributed by atoms with van der Waals surface area (Å²) in [7, 11) is -2.93. The first-order chi connectivity index (χ1) is 11.4. The smallest absolute Gasteiger partial charge is 0.242 e. The van der Waals surface area contributed by atoms with Gasteiger partial charge in [-0.1, -0.05) is 18.2 Å². The second-order valence-electron chi connectivity index (χ2n) is 6.35. The number of sulfone groups is 1. The summed E-state index contributed by atoms with van der Waals surface area (Å²) in [6.45, 7) is 3.66. The van der Waals surface area contributed by atoms with Gasteiger partial charge in [0.2, 0.25) is 5.91 Å². The summed E-state index contributed by atoms with van der Waals surface area (Å²) >= 11 is 0. The molecule has 3 rings (SSSR count). The van der Waals surface area contributed by atoms with E-state index >= 15 is 0 Å². The molecule has 0 radical (unpaired) electrons. The first-order valence-electron chi connectivity index (χ1n) is 8.14. The number of benzene rings is 1. The molecule has 2 heterocycles. The molecule has 1 aromatic heterocycles. The molecule has 0 spiro atoms. The third-order valence-electron chi connectivity index (χ3n) is 4.49. The summed E-state index contributed by atoms with van der Waals surface area (Å²) in [5.41, 5.74) is 1.07. The maximum absolute atomic E-state index is 12.5. The minimum atomic E-state index is -2.93. The van der Waals surface area contributed by atoms with Crippen molar-refractivity contribution in [3.05, 3.63) is 36.5 Å². The van der Waals surface area contributed by atoms with Crippen LogP contribution in [0.15, 0.2) is 36.5 Å². The highest BCUT2D eigenvalue weighted by Gasteiger charge is 2.22. The van der Waals surface area contributed by atoms with Gasteiger partial charge in [0, 0.05) is 50.7 Å². The maximum Gasteiger partial charge on any atom is 0.242 e. The van der Waals surface area contributed by atoms with Crippen LogP contribution in [0.1, 0.15) is 0 Å². The Morgan fingerprint density at radius 3 is 2.50 bits per heavy atom. The molecule has 6 nitrogen and oxygen atoms in total. The number of piperazine rings is 1. The van der Waals surface area contributed by atoms with Crippen molar-refractivity contribution < 1.29 is 13.2 Å². The maximum atomic E-state index is 12.5. The van der Waals surface area contributed by atoms with E-state index < -0.39 is 9.84 Å². The highest BCUT2D eigenvalue weighted by atomic mass is 32.2. The highest BCUT2D eigenvalue weighted by molar-refractivity contribution is 7.90. The van der Waals surface area contributed by atoms with Gasteiger partial charge in [-0.25, -0.2) is 8.42 Å². The number of hydrogen-bond acceptors (Lipinski definition) is 4. The van der Waals surface area contributed by atoms with Crippen molar-refractivity contribution in [1.82, 2.24) is 14.4 Å². The Hall–Kier alpha value is -1.86. The van der Waals surface area contributed by atoms with Gasteiger partial charge in [0.1, 0.15) is 16.4 Å². The molecule has 2 aromatic rings. The van der Waals surface area contributed by atoms with Crippen LogP contribution < -0.4 is 0 Å². The van der Waals surface area contributed by atoms with Crippen LogP contribution in [0.5, 0.6) is 0 Å². The number of hydrogen-bond donors (Lipinski definition) is 0. The van der Waals surface area contributed by atoms with Gasteiger partial charge in [-0.3, -0.25) is 9.69 Å². The minimum absolute atomic E-state index is 0.110. The average molecular weight is 349 g/mol. The van der Waals surface area contributed by atoms with Crippen LogP contribution in [0.4, 0.5) is 0 Å². The summed E-state index contributed by atoms with van der Waals surface area (Å²) < 4.78 is 24.5. The molecule has 0 atom stereocenters. The number of nitrogens with zero attached hydrogens (tertiary/aromatic N) is 3. The van der Waals surface area contributed by atoms with Gasteiger partial charge in [0.05, 0.1) is 5.75 Å². The Kier molecular flexibility index (Phi) is 4.91. The zero-order valence-electron chi connectivity index (χ0n) is 13.9. The highest BCUT2D eigenvalue weighted by Crippen LogP contribution is 2.15. The van der Waals surface area contributed by atoms with E-state index in [1.165, 1.54) is 6.26 Å². The van der Waals surface area contributed by atoms with E-state index in [4.69, 9.17) is 0 Å². The minimum Gasteiger partial charge on any atom is -0.339 e. The number of carbonyl (C=O) groups is 1. The molecule has 1 fully saturated rings. The van der Waals surface area contributed by atoms with Gasteiger partial charge in [-0.15, -0.1) is 0 Å². The van der Waals surface area contributed by atoms with Gasteiger partial charge >= 0.3 is 0 Å². The molecule has 1 saturated heterocycles. The van der Waals surface area contributed by atoms with E-state index in [2.05, 4.69) is 4.90 Å². The lowest BCUT2D eigenvalue weighted by molar-refractivity contribution is -0.133. The molecular weight excluding hydrogens is 326 g/mol. The zero-order valence-corrected chi connectivity index (χ0v) is 14.7. The van der Waals surface area contributed by atoms with E-state index in [9.17, 15) is 13.2 Å². The number of aromatic nitrogens is 1. The number of para-hydroxylation sites is 1. The van der Waals surface area contributed by atoms with Crippen LogP contribution in [0.25, 0.3) is 10.9 Å². The van der Waals surface area contributed by atoms with Crippen LogP contribution in [-0.2, 0) is 21.2 Å². The van der Waals surface area contributed by atoms with Crippen molar-refractivity contribution in [2.45, 2.75) is 6.54 Å². The van der Waals surface area contributed by atoms with Crippen LogP contribution in [0.3, 0.4) is 0 Å². The molecule has 1 aliphatic heterocycles. The number of rotatable bonds is 5. The average Bonchev–Trinajstić information content (AvgIpc) is 2.96. The van der Waals surface area contributed by atoms with Gasteiger partial charge in [0.15, 0.2) is 0 Å². The lowest BCUT2D eigenvalue weighted by Crippen LogP contribution is -2.50. The zero-order chi connectivity index (χ0) is 17.2. The first-order valence-corrected chi connectivity index (χ1v) is 10.2. The van der Waals surface area contributed by atoms with E-state index in [0.29, 0.717) is 26.2 Å². The van der Waals surface area contributed by atoms with Crippen LogP contribution in [0, 0.1) is 0 Å². The van der Waals surface area contributed by atoms with Gasteiger partial charge in [0.25, 0.3) is 0 Å². The van der Waals surface area contributed by atoms with Gasteiger partial charge in [-0.2, -0.15) is 0 Å². The lowest BCUT2D eigenvalue weighted by Gasteiger charge is -2.34. The second-order valence-corrected chi connectivity index (χ2v) is 8.61. The van der Waals surface area contributed by atoms with Crippen molar-refractivity contribution in [1.29, 1.82) is 0 Å². The molecule has 1 amide bonds. The molecule has 0 N–H and O–H groups in total. The SMILES string of the molecule is CS(=O)(=O)CCN1CCN(C(=O)Cn2ccc3ccccc32)CC1. The summed E-state index contributed by atoms with van der Waals surface area (Å²) in [6, 6.07) is 10.0. The van der Waals surface area contributed by atoms with Crippen molar-refractivity contribution >= 4 is 26.6 Å². The molecule has 0 unspecified atom stereocenters. The fraction of sp³-hybridized carbons (Fsp3) is 0.471. The topological polar surface area (TPSA) is 62.6 Å². The van der Waals surface area contributed by atoms with Crippen LogP contribution >= 0.6 is 0 Å². The Morgan fingerprint density at radius 1 is 1.08 bits per heavy atom. The molecule has 130 valence electrons. The molecule has 24 heavy (non-hydrogen) atoms. The van der Waals surface area contributed by atoms with Crippen LogP contribution in [0.2, 0.25) is 0 Å². The predicted octanol–water partition coefficient (Wildman–Crippen LogP) is 0.830. The lowest BCUT2D eigenvalue weighted by atomic mass is 10.2. The summed E-state index contributed by atoms with van der Waals surface area (Å²) in [6.07, 6.45) is 3.21. The molecule has 0 bridgehead atoms. The summed E-state index contributed by atoms with van der Waals surface area (Å²) in [5.74, 6) is 0.287. The summed E-state index contributed by atoms with van der Waals surface area (Å²) in [4.78, 5) is 16.5. The van der Waals surface area contributed by atoms with E-state index in [1.54, 1.807) is 0 Å². The Labute approximate surface area is 142 Å². The number of amides is 1. The first kappa shape index (κ1) is 17.0. The predicted molar refractivity (Wildman–Crippen MR) is 94.7 cm³/mol. The van der Waals surface area contributed by atoms with E-state index in [0.717, 1.165) is 24.0 Å². The fourth-order valence-corrected chi connectivity index (χ4v) is 3.63. The quantitative estimate of drug-likeness (QED) is 0.802. The Bertz CT molecular complexity index is 820. The Morgan fingerprint density at radius 2 is 1.79 bits per heavy atom. The normalized spacial score (nSPS) is 16.6. The molecule has 1 aliphatic rings. The van der Waals surface area contributed by atoms with Gasteiger partial charge < -0.3 is 9.47 Å². The molecular formula is C17H23N3O3S.